The number of anilines is 2. The van der Waals surface area contributed by atoms with Crippen LogP contribution >= 0.6 is 0 Å². The van der Waals surface area contributed by atoms with E-state index in [1.54, 1.807) is 0 Å². The van der Waals surface area contributed by atoms with Gasteiger partial charge in [0.05, 0.1) is 16.3 Å². The van der Waals surface area contributed by atoms with Gasteiger partial charge in [-0.15, -0.1) is 9.81 Å². The number of aliphatic carboxylic acids is 2. The average molecular weight is 292 g/mol. The molecule has 0 heterocycles. The number of rotatable bonds is 6. The van der Waals surface area contributed by atoms with Gasteiger partial charge in [-0.1, -0.05) is 5.12 Å². The fourth-order valence-electron chi connectivity index (χ4n) is 1.46. The van der Waals surface area contributed by atoms with Gasteiger partial charge in [0.15, 0.2) is 5.92 Å². The minimum absolute atomic E-state index is 0. The van der Waals surface area contributed by atoms with Crippen LogP contribution in [0.4, 0.5) is 11.4 Å². The Kier molecular flexibility index (Phi) is 6.76. The summed E-state index contributed by atoms with van der Waals surface area (Å²) in [7, 11) is 0. The Morgan fingerprint density at radius 2 is 1.65 bits per heavy atom. The number of benzene rings is 1. The quantitative estimate of drug-likeness (QED) is 0.217. The van der Waals surface area contributed by atoms with E-state index in [9.17, 15) is 19.4 Å². The Balaban J connectivity index is 0.00000361. The average Bonchev–Trinajstić information content (AvgIpc) is 2.32. The first kappa shape index (κ1) is 18.0. The number of nitroso groups, excluding NO2 is 2. The first-order chi connectivity index (χ1) is 8.92. The molecule has 0 saturated carbocycles. The molecule has 1 aromatic rings. The van der Waals surface area contributed by atoms with E-state index in [4.69, 9.17) is 15.9 Å². The van der Waals surface area contributed by atoms with Crippen LogP contribution < -0.4 is 10.9 Å². The summed E-state index contributed by atoms with van der Waals surface area (Å²) in [6.07, 6.45) is 0. The molecular formula is C9H9N4NaO6. The fourth-order valence-corrected chi connectivity index (χ4v) is 1.46. The van der Waals surface area contributed by atoms with Crippen LogP contribution in [0.15, 0.2) is 28.8 Å². The fraction of sp³-hybridized carbons (Fsp3) is 0.111. The normalized spacial score (nSPS) is 9.45. The van der Waals surface area contributed by atoms with Crippen LogP contribution in [0.25, 0.3) is 0 Å². The van der Waals surface area contributed by atoms with Crippen molar-refractivity contribution < 1.29 is 19.8 Å². The molecule has 1 rings (SSSR count). The molecule has 1 aromatic carbocycles. The second kappa shape index (κ2) is 7.53. The van der Waals surface area contributed by atoms with Gasteiger partial charge < -0.3 is 15.9 Å². The maximum atomic E-state index is 10.9. The molecule has 20 heavy (non-hydrogen) atoms. The molecule has 10 nitrogen and oxygen atoms in total. The molecule has 0 unspecified atom stereocenters. The molecule has 0 aromatic heterocycles. The van der Waals surface area contributed by atoms with Gasteiger partial charge >= 0.3 is 41.5 Å². The van der Waals surface area contributed by atoms with E-state index in [0.29, 0.717) is 0 Å². The van der Waals surface area contributed by atoms with Gasteiger partial charge in [-0.25, -0.2) is 0 Å². The number of nitrogens with two attached hydrogens (primary N) is 1. The van der Waals surface area contributed by atoms with Gasteiger partial charge in [0.1, 0.15) is 0 Å². The second-order valence-corrected chi connectivity index (χ2v) is 3.38. The van der Waals surface area contributed by atoms with Gasteiger partial charge in [0, 0.05) is 11.3 Å². The van der Waals surface area contributed by atoms with Crippen LogP contribution in [0.3, 0.4) is 0 Å². The van der Waals surface area contributed by atoms with Crippen LogP contribution in [-0.2, 0) is 9.59 Å². The van der Waals surface area contributed by atoms with E-state index in [2.05, 4.69) is 10.6 Å². The van der Waals surface area contributed by atoms with E-state index in [0.717, 1.165) is 12.1 Å². The van der Waals surface area contributed by atoms with Crippen molar-refractivity contribution in [2.75, 3.05) is 10.9 Å². The van der Waals surface area contributed by atoms with Crippen molar-refractivity contribution in [3.8, 4) is 0 Å². The molecule has 0 radical (unpaired) electrons. The maximum absolute atomic E-state index is 10.9. The van der Waals surface area contributed by atoms with Crippen molar-refractivity contribution in [1.82, 2.24) is 0 Å². The predicted octanol–water partition coefficient (Wildman–Crippen LogP) is 0.0423. The van der Waals surface area contributed by atoms with Crippen LogP contribution in [0.1, 0.15) is 11.5 Å². The third-order valence-electron chi connectivity index (χ3n) is 2.23. The zero-order valence-corrected chi connectivity index (χ0v) is 9.26. The Hall–Kier alpha value is -2.04. The van der Waals surface area contributed by atoms with Crippen molar-refractivity contribution in [2.45, 2.75) is 5.92 Å². The number of hydrogen-bond donors (Lipinski definition) is 3. The van der Waals surface area contributed by atoms with E-state index in [1.165, 1.54) is 6.07 Å². The van der Waals surface area contributed by atoms with Crippen molar-refractivity contribution in [3.05, 3.63) is 33.6 Å². The van der Waals surface area contributed by atoms with Crippen LogP contribution in [0.2, 0.25) is 0 Å². The Labute approximate surface area is 133 Å². The minimum atomic E-state index is -2.01. The molecule has 0 bridgehead atoms. The third kappa shape index (κ3) is 3.73. The van der Waals surface area contributed by atoms with E-state index < -0.39 is 17.9 Å². The van der Waals surface area contributed by atoms with Crippen molar-refractivity contribution in [3.63, 3.8) is 0 Å². The van der Waals surface area contributed by atoms with Gasteiger partial charge in [-0.3, -0.25) is 9.59 Å². The Morgan fingerprint density at radius 1 is 1.15 bits per heavy atom. The van der Waals surface area contributed by atoms with Gasteiger partial charge in [-0.2, -0.15) is 0 Å². The summed E-state index contributed by atoms with van der Waals surface area (Å²) in [6, 6.07) is 3.33. The Morgan fingerprint density at radius 3 is 2.05 bits per heavy atom. The number of carboxylic acid groups (broad SMARTS) is 2. The molecule has 0 amide bonds. The van der Waals surface area contributed by atoms with Crippen molar-refractivity contribution in [2.24, 2.45) is 10.6 Å². The topological polar surface area (TPSA) is 163 Å². The predicted molar refractivity (Wildman–Crippen MR) is 70.1 cm³/mol. The summed E-state index contributed by atoms with van der Waals surface area (Å²) in [5, 5.41) is 22.3. The van der Waals surface area contributed by atoms with Crippen molar-refractivity contribution in [1.29, 1.82) is 0 Å². The second-order valence-electron chi connectivity index (χ2n) is 3.38. The molecule has 0 fully saturated rings. The van der Waals surface area contributed by atoms with Gasteiger partial charge in [-0.05, 0) is 18.2 Å². The van der Waals surface area contributed by atoms with Gasteiger partial charge in [0.25, 0.3) is 0 Å². The summed E-state index contributed by atoms with van der Waals surface area (Å²) in [6.45, 7) is 0. The monoisotopic (exact) mass is 292 g/mol. The SMILES string of the molecule is Nc1ccc(N(N=O)N=O)c(C(C(=O)O)C(=O)O)c1.[NaH]. The van der Waals surface area contributed by atoms with Crippen LogP contribution in [0.5, 0.6) is 0 Å². The van der Waals surface area contributed by atoms with E-state index in [-0.39, 0.29) is 51.6 Å². The summed E-state index contributed by atoms with van der Waals surface area (Å²) >= 11 is 0. The standard InChI is InChI=1S/C9H8N4O6.Na.H/c10-4-1-2-6(13(11-18)12-19)5(3-4)7(8(14)15)9(16)17;;/h1-3,7H,10H2,(H,14,15)(H,16,17);;. The molecule has 0 aliphatic heterocycles. The van der Waals surface area contributed by atoms with Crippen molar-refractivity contribution >= 4 is 52.9 Å². The molecule has 0 aliphatic rings. The molecule has 4 N–H and O–H groups in total. The first-order valence-corrected chi connectivity index (χ1v) is 4.74. The summed E-state index contributed by atoms with van der Waals surface area (Å²) in [5.74, 6) is -5.38. The molecular weight excluding hydrogens is 283 g/mol. The molecule has 102 valence electrons. The number of nitrogen functional groups attached to an aromatic ring is 1. The number of nitrogens with zero attached hydrogens (tertiary/aromatic N) is 3. The molecule has 0 spiro atoms. The summed E-state index contributed by atoms with van der Waals surface area (Å²) < 4.78 is 0. The van der Waals surface area contributed by atoms with E-state index >= 15 is 0 Å². The third-order valence-corrected chi connectivity index (χ3v) is 2.23. The van der Waals surface area contributed by atoms with Crippen LogP contribution in [-0.4, -0.2) is 51.7 Å². The van der Waals surface area contributed by atoms with Crippen LogP contribution in [0, 0.1) is 9.81 Å². The van der Waals surface area contributed by atoms with Gasteiger partial charge in [0.2, 0.25) is 0 Å². The summed E-state index contributed by atoms with van der Waals surface area (Å²) in [5.41, 5.74) is 4.74. The Bertz CT molecular complexity index is 529. The number of hydrogen-bond acceptors (Lipinski definition) is 7. The zero-order valence-electron chi connectivity index (χ0n) is 9.26. The molecule has 0 atom stereocenters. The number of carbonyl (C=O) groups is 2. The molecule has 0 aliphatic carbocycles. The summed E-state index contributed by atoms with van der Waals surface area (Å²) in [4.78, 5) is 42.7. The number of carboxylic acids is 2. The first-order valence-electron chi connectivity index (χ1n) is 4.74. The molecule has 11 heteroatoms. The van der Waals surface area contributed by atoms with E-state index in [1.807, 2.05) is 0 Å². The zero-order chi connectivity index (χ0) is 14.6. The molecule has 0 saturated heterocycles.